The van der Waals surface area contributed by atoms with Gasteiger partial charge in [-0.1, -0.05) is 0 Å². The quantitative estimate of drug-likeness (QED) is 0.454. The first-order valence-electron chi connectivity index (χ1n) is 5.37. The Morgan fingerprint density at radius 3 is 2.55 bits per heavy atom. The lowest BCUT2D eigenvalue weighted by Gasteiger charge is -2.12. The highest BCUT2D eigenvalue weighted by Gasteiger charge is 2.24. The van der Waals surface area contributed by atoms with Crippen LogP contribution in [0, 0.1) is 10.1 Å². The van der Waals surface area contributed by atoms with E-state index in [1.807, 2.05) is 0 Å². The van der Waals surface area contributed by atoms with E-state index in [9.17, 15) is 24.5 Å². The summed E-state index contributed by atoms with van der Waals surface area (Å²) in [4.78, 5) is 42.6. The fraction of sp³-hybridized carbons (Fsp3) is 0.300. The number of carbonyl (C=O) groups is 3. The number of furan rings is 1. The molecule has 108 valence electrons. The van der Waals surface area contributed by atoms with Crippen molar-refractivity contribution in [2.24, 2.45) is 5.73 Å². The third kappa shape index (κ3) is 4.08. The Balaban J connectivity index is 2.72. The molecule has 4 N–H and O–H groups in total. The first kappa shape index (κ1) is 15.1. The molecule has 10 heteroatoms. The summed E-state index contributed by atoms with van der Waals surface area (Å²) in [6.45, 7) is 0. The summed E-state index contributed by atoms with van der Waals surface area (Å²) >= 11 is 0. The van der Waals surface area contributed by atoms with Crippen LogP contribution in [0.25, 0.3) is 0 Å². The minimum Gasteiger partial charge on any atom is -0.480 e. The number of carboxylic acid groups (broad SMARTS) is 1. The van der Waals surface area contributed by atoms with Crippen molar-refractivity contribution in [1.29, 1.82) is 0 Å². The molecule has 0 aromatic carbocycles. The van der Waals surface area contributed by atoms with Gasteiger partial charge in [0, 0.05) is 6.42 Å². The van der Waals surface area contributed by atoms with Gasteiger partial charge in [-0.3, -0.25) is 19.7 Å². The first-order chi connectivity index (χ1) is 9.31. The van der Waals surface area contributed by atoms with Crippen LogP contribution in [-0.4, -0.2) is 33.9 Å². The average molecular weight is 285 g/mol. The molecule has 1 atom stereocenters. The summed E-state index contributed by atoms with van der Waals surface area (Å²) < 4.78 is 4.62. The summed E-state index contributed by atoms with van der Waals surface area (Å²) in [5.41, 5.74) is 4.88. The normalized spacial score (nSPS) is 11.6. The molecule has 20 heavy (non-hydrogen) atoms. The Kier molecular flexibility index (Phi) is 4.78. The number of nitro groups is 1. The van der Waals surface area contributed by atoms with Gasteiger partial charge in [0.25, 0.3) is 5.91 Å². The van der Waals surface area contributed by atoms with Gasteiger partial charge >= 0.3 is 11.9 Å². The molecule has 0 saturated heterocycles. The lowest BCUT2D eigenvalue weighted by atomic mass is 10.1. The topological polar surface area (TPSA) is 166 Å². The van der Waals surface area contributed by atoms with E-state index in [4.69, 9.17) is 10.8 Å². The average Bonchev–Trinajstić information content (AvgIpc) is 2.83. The maximum Gasteiger partial charge on any atom is 0.433 e. The molecule has 1 heterocycles. The molecule has 0 aliphatic carbocycles. The van der Waals surface area contributed by atoms with Crippen molar-refractivity contribution in [2.45, 2.75) is 18.9 Å². The van der Waals surface area contributed by atoms with Crippen LogP contribution in [0.1, 0.15) is 23.4 Å². The number of primary amides is 1. The molecule has 0 aliphatic rings. The van der Waals surface area contributed by atoms with E-state index >= 15 is 0 Å². The molecule has 0 radical (unpaired) electrons. The monoisotopic (exact) mass is 285 g/mol. The summed E-state index contributed by atoms with van der Waals surface area (Å²) in [5.74, 6) is -4.05. The molecule has 0 unspecified atom stereocenters. The van der Waals surface area contributed by atoms with Gasteiger partial charge < -0.3 is 20.6 Å². The van der Waals surface area contributed by atoms with Crippen molar-refractivity contribution in [3.05, 3.63) is 28.0 Å². The van der Waals surface area contributed by atoms with Gasteiger partial charge in [0.2, 0.25) is 5.91 Å². The van der Waals surface area contributed by atoms with Crippen LogP contribution in [-0.2, 0) is 9.59 Å². The number of rotatable bonds is 7. The molecule has 10 nitrogen and oxygen atoms in total. The summed E-state index contributed by atoms with van der Waals surface area (Å²) in [5, 5.41) is 21.3. The molecule has 0 spiro atoms. The number of nitrogens with zero attached hydrogens (tertiary/aromatic N) is 1. The zero-order valence-electron chi connectivity index (χ0n) is 10.1. The number of hydrogen-bond acceptors (Lipinski definition) is 6. The Bertz CT molecular complexity index is 551. The maximum atomic E-state index is 11.6. The first-order valence-corrected chi connectivity index (χ1v) is 5.37. The van der Waals surface area contributed by atoms with E-state index in [1.165, 1.54) is 0 Å². The minimum absolute atomic E-state index is 0.195. The van der Waals surface area contributed by atoms with Crippen LogP contribution in [0.5, 0.6) is 0 Å². The van der Waals surface area contributed by atoms with E-state index < -0.39 is 40.4 Å². The number of aliphatic carboxylic acids is 1. The number of carbonyl (C=O) groups excluding carboxylic acids is 2. The van der Waals surface area contributed by atoms with Crippen LogP contribution < -0.4 is 11.1 Å². The zero-order chi connectivity index (χ0) is 15.3. The molecule has 0 fully saturated rings. The van der Waals surface area contributed by atoms with Crippen molar-refractivity contribution < 1.29 is 28.8 Å². The number of nitrogens with one attached hydrogen (secondary N) is 1. The van der Waals surface area contributed by atoms with Gasteiger partial charge in [0.1, 0.15) is 11.0 Å². The predicted molar refractivity (Wildman–Crippen MR) is 62.7 cm³/mol. The summed E-state index contributed by atoms with van der Waals surface area (Å²) in [6, 6.07) is 0.660. The van der Waals surface area contributed by atoms with Gasteiger partial charge in [0.15, 0.2) is 5.76 Å². The van der Waals surface area contributed by atoms with Gasteiger partial charge in [-0.15, -0.1) is 0 Å². The lowest BCUT2D eigenvalue weighted by molar-refractivity contribution is -0.402. The lowest BCUT2D eigenvalue weighted by Crippen LogP contribution is -2.41. The zero-order valence-corrected chi connectivity index (χ0v) is 10.1. The minimum atomic E-state index is -1.36. The van der Waals surface area contributed by atoms with Crippen LogP contribution in [0.4, 0.5) is 5.88 Å². The molecule has 0 saturated carbocycles. The van der Waals surface area contributed by atoms with Crippen LogP contribution in [0.15, 0.2) is 16.5 Å². The SMILES string of the molecule is NC(=O)CC[C@@H](NC(=O)c1ccc([N+](=O)[O-])o1)C(=O)O. The molecular weight excluding hydrogens is 274 g/mol. The molecule has 1 aromatic heterocycles. The van der Waals surface area contributed by atoms with Gasteiger partial charge in [-0.05, 0) is 12.5 Å². The number of hydrogen-bond donors (Lipinski definition) is 3. The Morgan fingerprint density at radius 2 is 2.10 bits per heavy atom. The highest BCUT2D eigenvalue weighted by molar-refractivity contribution is 5.94. The Hall–Kier alpha value is -2.91. The molecule has 0 bridgehead atoms. The van der Waals surface area contributed by atoms with Crippen molar-refractivity contribution in [3.8, 4) is 0 Å². The molecule has 0 aliphatic heterocycles. The van der Waals surface area contributed by atoms with Crippen molar-refractivity contribution in [1.82, 2.24) is 5.32 Å². The second-order valence-electron chi connectivity index (χ2n) is 3.76. The van der Waals surface area contributed by atoms with Crippen LogP contribution in [0.3, 0.4) is 0 Å². The van der Waals surface area contributed by atoms with E-state index in [1.54, 1.807) is 0 Å². The maximum absolute atomic E-state index is 11.6. The fourth-order valence-electron chi connectivity index (χ4n) is 1.32. The third-order valence-corrected chi connectivity index (χ3v) is 2.28. The summed E-state index contributed by atoms with van der Waals surface area (Å²) in [7, 11) is 0. The largest absolute Gasteiger partial charge is 0.480 e. The van der Waals surface area contributed by atoms with Crippen molar-refractivity contribution in [3.63, 3.8) is 0 Å². The summed E-state index contributed by atoms with van der Waals surface area (Å²) in [6.07, 6.45) is -0.422. The highest BCUT2D eigenvalue weighted by atomic mass is 16.6. The van der Waals surface area contributed by atoms with Crippen LogP contribution >= 0.6 is 0 Å². The molecular formula is C10H11N3O7. The van der Waals surface area contributed by atoms with E-state index in [0.29, 0.717) is 0 Å². The smallest absolute Gasteiger partial charge is 0.433 e. The molecule has 1 rings (SSSR count). The van der Waals surface area contributed by atoms with E-state index in [0.717, 1.165) is 12.1 Å². The number of nitrogens with two attached hydrogens (primary N) is 1. The Labute approximate surface area is 111 Å². The molecule has 2 amide bonds. The van der Waals surface area contributed by atoms with Gasteiger partial charge in [-0.25, -0.2) is 4.79 Å². The van der Waals surface area contributed by atoms with Gasteiger partial charge in [-0.2, -0.15) is 0 Å². The second kappa shape index (κ2) is 6.31. The van der Waals surface area contributed by atoms with E-state index in [-0.39, 0.29) is 12.8 Å². The third-order valence-electron chi connectivity index (χ3n) is 2.28. The molecule has 1 aromatic rings. The number of carboxylic acids is 1. The predicted octanol–water partition coefficient (Wildman–Crippen LogP) is -0.364. The Morgan fingerprint density at radius 1 is 1.45 bits per heavy atom. The van der Waals surface area contributed by atoms with Crippen molar-refractivity contribution in [2.75, 3.05) is 0 Å². The van der Waals surface area contributed by atoms with E-state index in [2.05, 4.69) is 9.73 Å². The number of amides is 2. The van der Waals surface area contributed by atoms with Crippen molar-refractivity contribution >= 4 is 23.7 Å². The van der Waals surface area contributed by atoms with Gasteiger partial charge in [0.05, 0.1) is 6.07 Å². The second-order valence-corrected chi connectivity index (χ2v) is 3.76. The standard InChI is InChI=1S/C10H11N3O7/c11-7(14)3-1-5(10(16)17)12-9(15)6-2-4-8(20-6)13(18)19/h2,4-5H,1,3H2,(H2,11,14)(H,12,15)(H,16,17)/t5-/m1/s1. The van der Waals surface area contributed by atoms with Crippen LogP contribution in [0.2, 0.25) is 0 Å². The fourth-order valence-corrected chi connectivity index (χ4v) is 1.32. The highest BCUT2D eigenvalue weighted by Crippen LogP contribution is 2.15.